The van der Waals surface area contributed by atoms with Crippen molar-refractivity contribution in [3.05, 3.63) is 112 Å². The Bertz CT molecular complexity index is 1510. The fourth-order valence-corrected chi connectivity index (χ4v) is 4.77. The maximum Gasteiger partial charge on any atom is 0.300 e. The Hall–Kier alpha value is -3.80. The molecule has 0 aromatic heterocycles. The van der Waals surface area contributed by atoms with E-state index in [0.717, 1.165) is 10.8 Å². The van der Waals surface area contributed by atoms with E-state index >= 15 is 0 Å². The fraction of sp³-hybridized carbons (Fsp3) is 0.0714. The number of carbonyl (C=O) groups excluding carboxylic acids is 2. The summed E-state index contributed by atoms with van der Waals surface area (Å²) in [5.41, 5.74) is 1.31. The third-order valence-corrected chi connectivity index (χ3v) is 6.68. The molecular weight excluding hydrogens is 485 g/mol. The van der Waals surface area contributed by atoms with Crippen LogP contribution in [0.15, 0.2) is 90.5 Å². The average molecular weight is 504 g/mol. The van der Waals surface area contributed by atoms with E-state index in [-0.39, 0.29) is 21.9 Å². The Labute approximate surface area is 211 Å². The van der Waals surface area contributed by atoms with Gasteiger partial charge in [-0.05, 0) is 58.8 Å². The predicted molar refractivity (Wildman–Crippen MR) is 138 cm³/mol. The summed E-state index contributed by atoms with van der Waals surface area (Å²) in [6.07, 6.45) is 0. The van der Waals surface area contributed by atoms with E-state index in [2.05, 4.69) is 0 Å². The van der Waals surface area contributed by atoms with Crippen LogP contribution in [0.1, 0.15) is 17.2 Å². The molecule has 0 aliphatic carbocycles. The first-order valence-electron chi connectivity index (χ1n) is 10.8. The van der Waals surface area contributed by atoms with Gasteiger partial charge < -0.3 is 9.84 Å². The number of ketones is 1. The quantitative estimate of drug-likeness (QED) is 0.189. The Morgan fingerprint density at radius 3 is 2.37 bits per heavy atom. The number of fused-ring (bicyclic) bond motifs is 1. The number of aliphatic hydroxyl groups is 1. The van der Waals surface area contributed by atoms with Gasteiger partial charge in [0, 0.05) is 16.3 Å². The van der Waals surface area contributed by atoms with Crippen LogP contribution in [0.4, 0.5) is 5.69 Å². The number of Topliss-reactive ketones (excluding diaryl/α,β-unsaturated/α-hetero) is 1. The molecule has 35 heavy (non-hydrogen) atoms. The number of amides is 1. The number of hydrogen-bond acceptors (Lipinski definition) is 4. The van der Waals surface area contributed by atoms with Crippen molar-refractivity contribution in [2.45, 2.75) is 6.04 Å². The van der Waals surface area contributed by atoms with Crippen molar-refractivity contribution in [1.82, 2.24) is 0 Å². The first kappa shape index (κ1) is 23.0. The minimum atomic E-state index is -0.899. The van der Waals surface area contributed by atoms with Gasteiger partial charge in [0.2, 0.25) is 0 Å². The smallest absolute Gasteiger partial charge is 0.300 e. The molecule has 1 aliphatic rings. The molecule has 0 saturated carbocycles. The Morgan fingerprint density at radius 1 is 0.914 bits per heavy atom. The highest BCUT2D eigenvalue weighted by Crippen LogP contribution is 2.45. The summed E-state index contributed by atoms with van der Waals surface area (Å²) in [4.78, 5) is 28.2. The molecule has 7 heteroatoms. The van der Waals surface area contributed by atoms with Crippen molar-refractivity contribution in [2.75, 3.05) is 12.0 Å². The van der Waals surface area contributed by atoms with Gasteiger partial charge >= 0.3 is 0 Å². The number of anilines is 1. The molecule has 1 N–H and O–H groups in total. The van der Waals surface area contributed by atoms with E-state index < -0.39 is 17.7 Å². The number of aliphatic hydroxyl groups excluding tert-OH is 1. The van der Waals surface area contributed by atoms with Crippen LogP contribution in [0.2, 0.25) is 10.0 Å². The molecule has 1 aliphatic heterocycles. The van der Waals surface area contributed by atoms with Crippen LogP contribution in [0.25, 0.3) is 16.5 Å². The van der Waals surface area contributed by atoms with Crippen LogP contribution in [0.3, 0.4) is 0 Å². The van der Waals surface area contributed by atoms with Gasteiger partial charge in [-0.25, -0.2) is 0 Å². The second kappa shape index (κ2) is 9.10. The second-order valence-electron chi connectivity index (χ2n) is 8.06. The van der Waals surface area contributed by atoms with Crippen molar-refractivity contribution in [2.24, 2.45) is 0 Å². The number of hydrogen-bond donors (Lipinski definition) is 1. The molecule has 1 atom stereocenters. The Balaban J connectivity index is 1.82. The first-order chi connectivity index (χ1) is 16.9. The Morgan fingerprint density at radius 2 is 1.63 bits per heavy atom. The van der Waals surface area contributed by atoms with Crippen molar-refractivity contribution in [1.29, 1.82) is 0 Å². The van der Waals surface area contributed by atoms with Crippen LogP contribution in [-0.4, -0.2) is 23.9 Å². The SMILES string of the molecule is COc1ccc(Cl)c(/C(O)=C2\C(=O)C(=O)N(c3ccc(Cl)cc3)C2c2cccc3ccccc23)c1. The lowest BCUT2D eigenvalue weighted by molar-refractivity contribution is -0.132. The van der Waals surface area contributed by atoms with E-state index in [0.29, 0.717) is 22.0 Å². The van der Waals surface area contributed by atoms with Crippen LogP contribution >= 0.6 is 23.2 Å². The lowest BCUT2D eigenvalue weighted by Gasteiger charge is -2.26. The van der Waals surface area contributed by atoms with Gasteiger partial charge in [-0.1, -0.05) is 65.7 Å². The number of rotatable bonds is 4. The molecule has 0 radical (unpaired) electrons. The summed E-state index contributed by atoms with van der Waals surface area (Å²) in [6.45, 7) is 0. The third-order valence-electron chi connectivity index (χ3n) is 6.10. The number of carbonyl (C=O) groups is 2. The molecule has 1 fully saturated rings. The summed E-state index contributed by atoms with van der Waals surface area (Å²) >= 11 is 12.5. The first-order valence-corrected chi connectivity index (χ1v) is 11.5. The summed E-state index contributed by atoms with van der Waals surface area (Å²) in [7, 11) is 1.49. The summed E-state index contributed by atoms with van der Waals surface area (Å²) in [5, 5.41) is 13.9. The number of benzene rings is 4. The van der Waals surface area contributed by atoms with E-state index in [4.69, 9.17) is 27.9 Å². The maximum atomic E-state index is 13.4. The van der Waals surface area contributed by atoms with Crippen LogP contribution in [0, 0.1) is 0 Å². The van der Waals surface area contributed by atoms with Crippen LogP contribution in [0.5, 0.6) is 5.75 Å². The van der Waals surface area contributed by atoms with Gasteiger partial charge in [0.25, 0.3) is 11.7 Å². The lowest BCUT2D eigenvalue weighted by Crippen LogP contribution is -2.29. The van der Waals surface area contributed by atoms with Crippen molar-refractivity contribution in [3.8, 4) is 5.75 Å². The van der Waals surface area contributed by atoms with E-state index in [1.54, 1.807) is 36.4 Å². The van der Waals surface area contributed by atoms with Gasteiger partial charge in [-0.15, -0.1) is 0 Å². The highest BCUT2D eigenvalue weighted by molar-refractivity contribution is 6.52. The molecule has 1 heterocycles. The van der Waals surface area contributed by atoms with E-state index in [1.165, 1.54) is 18.1 Å². The van der Waals surface area contributed by atoms with Gasteiger partial charge in [0.15, 0.2) is 0 Å². The molecule has 4 aromatic carbocycles. The van der Waals surface area contributed by atoms with Gasteiger partial charge in [0.1, 0.15) is 11.5 Å². The van der Waals surface area contributed by atoms with Gasteiger partial charge in [0.05, 0.1) is 23.7 Å². The standard InChI is InChI=1S/C28H19Cl2NO4/c1-35-19-13-14-23(30)22(15-19)26(32)24-25(21-8-4-6-16-5-2-3-7-20(16)21)31(28(34)27(24)33)18-11-9-17(29)10-12-18/h2-15,25,32H,1H3/b26-24+. The van der Waals surface area contributed by atoms with Crippen molar-refractivity contribution in [3.63, 3.8) is 0 Å². The maximum absolute atomic E-state index is 13.4. The number of methoxy groups -OCH3 is 1. The normalized spacial score (nSPS) is 17.2. The van der Waals surface area contributed by atoms with Crippen molar-refractivity contribution >= 4 is 57.1 Å². The van der Waals surface area contributed by atoms with Crippen LogP contribution < -0.4 is 9.64 Å². The Kier molecular flexibility index (Phi) is 5.97. The largest absolute Gasteiger partial charge is 0.507 e. The number of nitrogens with zero attached hydrogens (tertiary/aromatic N) is 1. The van der Waals surface area contributed by atoms with Gasteiger partial charge in [-0.2, -0.15) is 0 Å². The summed E-state index contributed by atoms with van der Waals surface area (Å²) < 4.78 is 5.27. The summed E-state index contributed by atoms with van der Waals surface area (Å²) in [5.74, 6) is -1.49. The molecule has 0 spiro atoms. The molecule has 4 aromatic rings. The highest BCUT2D eigenvalue weighted by atomic mass is 35.5. The topological polar surface area (TPSA) is 66.8 Å². The average Bonchev–Trinajstić information content (AvgIpc) is 3.14. The predicted octanol–water partition coefficient (Wildman–Crippen LogP) is 6.78. The highest BCUT2D eigenvalue weighted by Gasteiger charge is 2.47. The number of halogens is 2. The molecule has 0 bridgehead atoms. The minimum absolute atomic E-state index is 0.0588. The third kappa shape index (κ3) is 3.93. The molecule has 5 nitrogen and oxygen atoms in total. The zero-order valence-corrected chi connectivity index (χ0v) is 20.0. The second-order valence-corrected chi connectivity index (χ2v) is 8.90. The molecular formula is C28H19Cl2NO4. The molecule has 1 unspecified atom stereocenters. The monoisotopic (exact) mass is 503 g/mol. The molecule has 1 saturated heterocycles. The molecule has 174 valence electrons. The fourth-order valence-electron chi connectivity index (χ4n) is 4.44. The minimum Gasteiger partial charge on any atom is -0.507 e. The van der Waals surface area contributed by atoms with E-state index in [1.807, 2.05) is 42.5 Å². The van der Waals surface area contributed by atoms with Crippen LogP contribution in [-0.2, 0) is 9.59 Å². The summed E-state index contributed by atoms with van der Waals surface area (Å²) in [6, 6.07) is 23.8. The van der Waals surface area contributed by atoms with Gasteiger partial charge in [-0.3, -0.25) is 14.5 Å². The van der Waals surface area contributed by atoms with E-state index in [9.17, 15) is 14.7 Å². The molecule has 1 amide bonds. The lowest BCUT2D eigenvalue weighted by atomic mass is 9.91. The zero-order chi connectivity index (χ0) is 24.7. The number of ether oxygens (including phenoxy) is 1. The molecule has 5 rings (SSSR count). The van der Waals surface area contributed by atoms with Crippen molar-refractivity contribution < 1.29 is 19.4 Å². The zero-order valence-electron chi connectivity index (χ0n) is 18.5.